The van der Waals surface area contributed by atoms with E-state index in [0.717, 1.165) is 6.61 Å². The van der Waals surface area contributed by atoms with Gasteiger partial charge in [-0.15, -0.1) is 0 Å². The van der Waals surface area contributed by atoms with E-state index in [4.69, 9.17) is 4.74 Å². The third-order valence-corrected chi connectivity index (χ3v) is 1.89. The molecule has 0 N–H and O–H groups in total. The first kappa shape index (κ1) is 6.59. The maximum absolute atomic E-state index is 4.99. The van der Waals surface area contributed by atoms with E-state index in [0.29, 0.717) is 12.0 Å². The third-order valence-electron chi connectivity index (χ3n) is 1.89. The molecule has 0 saturated carbocycles. The maximum atomic E-state index is 4.99. The van der Waals surface area contributed by atoms with Crippen LogP contribution in [0.5, 0.6) is 0 Å². The third kappa shape index (κ3) is 1.44. The minimum Gasteiger partial charge on any atom is -0.481 e. The number of hydrogen-bond acceptors (Lipinski definition) is 2. The summed E-state index contributed by atoms with van der Waals surface area (Å²) in [6, 6.07) is 0.426. The van der Waals surface area contributed by atoms with Crippen molar-refractivity contribution in [1.82, 2.24) is 0 Å². The molecule has 0 spiro atoms. The quantitative estimate of drug-likeness (QED) is 0.550. The number of aliphatic imine (C=N–C) groups is 1. The lowest BCUT2D eigenvalue weighted by Crippen LogP contribution is -2.15. The predicted molar refractivity (Wildman–Crippen MR) is 37.7 cm³/mol. The van der Waals surface area contributed by atoms with Gasteiger partial charge in [-0.3, -0.25) is 4.99 Å². The first-order chi connectivity index (χ1) is 4.34. The molecule has 0 aromatic carbocycles. The van der Waals surface area contributed by atoms with Crippen LogP contribution in [-0.2, 0) is 4.74 Å². The van der Waals surface area contributed by atoms with Gasteiger partial charge in [0.15, 0.2) is 6.40 Å². The van der Waals surface area contributed by atoms with E-state index in [1.165, 1.54) is 6.42 Å². The van der Waals surface area contributed by atoms with Gasteiger partial charge in [0.25, 0.3) is 0 Å². The number of nitrogens with zero attached hydrogens (tertiary/aromatic N) is 1. The van der Waals surface area contributed by atoms with Crippen LogP contribution in [0.15, 0.2) is 4.99 Å². The Bertz CT molecular complexity index is 111. The summed E-state index contributed by atoms with van der Waals surface area (Å²) in [7, 11) is 0. The summed E-state index contributed by atoms with van der Waals surface area (Å²) in [4.78, 5) is 4.16. The monoisotopic (exact) mass is 127 g/mol. The van der Waals surface area contributed by atoms with E-state index >= 15 is 0 Å². The predicted octanol–water partition coefficient (Wildman–Crippen LogP) is 1.46. The Morgan fingerprint density at radius 1 is 1.89 bits per heavy atom. The molecule has 2 atom stereocenters. The Labute approximate surface area is 55.9 Å². The standard InChI is InChI=1S/C7H13NO/c1-3-6(2)7-4-9-5-8-7/h5-7H,3-4H2,1-2H3/t6-,7?/m1/s1. The molecule has 2 nitrogen and oxygen atoms in total. The minimum absolute atomic E-state index is 0.426. The highest BCUT2D eigenvalue weighted by atomic mass is 16.5. The van der Waals surface area contributed by atoms with Gasteiger partial charge in [0.05, 0.1) is 6.04 Å². The van der Waals surface area contributed by atoms with E-state index in [2.05, 4.69) is 18.8 Å². The Kier molecular flexibility index (Phi) is 2.09. The highest BCUT2D eigenvalue weighted by Gasteiger charge is 2.17. The topological polar surface area (TPSA) is 21.6 Å². The van der Waals surface area contributed by atoms with Gasteiger partial charge in [0, 0.05) is 0 Å². The largest absolute Gasteiger partial charge is 0.481 e. The van der Waals surface area contributed by atoms with Crippen molar-refractivity contribution in [2.24, 2.45) is 10.9 Å². The summed E-state index contributed by atoms with van der Waals surface area (Å²) in [6.07, 6.45) is 2.75. The van der Waals surface area contributed by atoms with Gasteiger partial charge in [0.1, 0.15) is 6.61 Å². The molecule has 0 aromatic heterocycles. The molecule has 0 aromatic rings. The van der Waals surface area contributed by atoms with Gasteiger partial charge in [-0.1, -0.05) is 20.3 Å². The van der Waals surface area contributed by atoms with Crippen LogP contribution in [0.3, 0.4) is 0 Å². The lowest BCUT2D eigenvalue weighted by Gasteiger charge is -2.11. The van der Waals surface area contributed by atoms with Gasteiger partial charge in [-0.25, -0.2) is 0 Å². The van der Waals surface area contributed by atoms with Gasteiger partial charge in [-0.05, 0) is 5.92 Å². The molecule has 1 aliphatic heterocycles. The van der Waals surface area contributed by atoms with Crippen LogP contribution in [0, 0.1) is 5.92 Å². The van der Waals surface area contributed by atoms with E-state index < -0.39 is 0 Å². The van der Waals surface area contributed by atoms with Crippen molar-refractivity contribution >= 4 is 6.40 Å². The normalized spacial score (nSPS) is 28.0. The Morgan fingerprint density at radius 2 is 2.67 bits per heavy atom. The van der Waals surface area contributed by atoms with Gasteiger partial charge >= 0.3 is 0 Å². The summed E-state index contributed by atoms with van der Waals surface area (Å²) in [5.41, 5.74) is 0. The number of ether oxygens (including phenoxy) is 1. The van der Waals surface area contributed by atoms with E-state index in [1.54, 1.807) is 6.40 Å². The first-order valence-electron chi connectivity index (χ1n) is 3.48. The second kappa shape index (κ2) is 2.85. The molecule has 52 valence electrons. The van der Waals surface area contributed by atoms with E-state index in [1.807, 2.05) is 0 Å². The fraction of sp³-hybridized carbons (Fsp3) is 0.857. The molecule has 9 heavy (non-hydrogen) atoms. The molecule has 0 fully saturated rings. The lowest BCUT2D eigenvalue weighted by atomic mass is 10.0. The second-order valence-corrected chi connectivity index (χ2v) is 2.54. The van der Waals surface area contributed by atoms with Crippen molar-refractivity contribution < 1.29 is 4.74 Å². The molecule has 0 saturated heterocycles. The van der Waals surface area contributed by atoms with Crippen molar-refractivity contribution in [1.29, 1.82) is 0 Å². The molecule has 1 aliphatic rings. The molecule has 1 heterocycles. The van der Waals surface area contributed by atoms with Crippen molar-refractivity contribution in [3.63, 3.8) is 0 Å². The van der Waals surface area contributed by atoms with Crippen LogP contribution in [-0.4, -0.2) is 19.0 Å². The fourth-order valence-electron chi connectivity index (χ4n) is 0.889. The zero-order valence-corrected chi connectivity index (χ0v) is 6.00. The zero-order chi connectivity index (χ0) is 6.69. The van der Waals surface area contributed by atoms with Crippen LogP contribution in [0.1, 0.15) is 20.3 Å². The summed E-state index contributed by atoms with van der Waals surface area (Å²) in [5, 5.41) is 0. The maximum Gasteiger partial charge on any atom is 0.169 e. The molecule has 1 rings (SSSR count). The lowest BCUT2D eigenvalue weighted by molar-refractivity contribution is 0.289. The van der Waals surface area contributed by atoms with Gasteiger partial charge in [-0.2, -0.15) is 0 Å². The van der Waals surface area contributed by atoms with Crippen LogP contribution < -0.4 is 0 Å². The highest BCUT2D eigenvalue weighted by molar-refractivity contribution is 5.48. The van der Waals surface area contributed by atoms with Crippen molar-refractivity contribution in [2.75, 3.05) is 6.61 Å². The summed E-state index contributed by atoms with van der Waals surface area (Å²) < 4.78 is 4.99. The number of rotatable bonds is 2. The van der Waals surface area contributed by atoms with Crippen molar-refractivity contribution in [3.05, 3.63) is 0 Å². The Balaban J connectivity index is 2.33. The van der Waals surface area contributed by atoms with Gasteiger partial charge < -0.3 is 4.74 Å². The smallest absolute Gasteiger partial charge is 0.169 e. The van der Waals surface area contributed by atoms with Gasteiger partial charge in [0.2, 0.25) is 0 Å². The molecule has 1 unspecified atom stereocenters. The van der Waals surface area contributed by atoms with Crippen molar-refractivity contribution in [2.45, 2.75) is 26.3 Å². The second-order valence-electron chi connectivity index (χ2n) is 2.54. The van der Waals surface area contributed by atoms with E-state index in [9.17, 15) is 0 Å². The molecular weight excluding hydrogens is 114 g/mol. The fourth-order valence-corrected chi connectivity index (χ4v) is 0.889. The summed E-state index contributed by atoms with van der Waals surface area (Å²) >= 11 is 0. The molecule has 0 amide bonds. The van der Waals surface area contributed by atoms with Crippen LogP contribution >= 0.6 is 0 Å². The van der Waals surface area contributed by atoms with Crippen LogP contribution in [0.4, 0.5) is 0 Å². The molecular formula is C7H13NO. The molecule has 0 bridgehead atoms. The molecule has 0 radical (unpaired) electrons. The van der Waals surface area contributed by atoms with Crippen LogP contribution in [0.25, 0.3) is 0 Å². The summed E-state index contributed by atoms with van der Waals surface area (Å²) in [5.74, 6) is 0.670. The Morgan fingerprint density at radius 3 is 3.11 bits per heavy atom. The highest BCUT2D eigenvalue weighted by Crippen LogP contribution is 2.13. The minimum atomic E-state index is 0.426. The average molecular weight is 127 g/mol. The summed E-state index contributed by atoms with van der Waals surface area (Å²) in [6.45, 7) is 5.17. The van der Waals surface area contributed by atoms with E-state index in [-0.39, 0.29) is 0 Å². The number of hydrogen-bond donors (Lipinski definition) is 0. The Hall–Kier alpha value is -0.530. The van der Waals surface area contributed by atoms with Crippen molar-refractivity contribution in [3.8, 4) is 0 Å². The molecule has 2 heteroatoms. The first-order valence-corrected chi connectivity index (χ1v) is 3.48. The molecule has 0 aliphatic carbocycles. The van der Waals surface area contributed by atoms with Crippen LogP contribution in [0.2, 0.25) is 0 Å². The average Bonchev–Trinajstić information content (AvgIpc) is 2.37. The SMILES string of the molecule is CC[C@@H](C)C1COC=N1. The zero-order valence-electron chi connectivity index (χ0n) is 6.00.